The van der Waals surface area contributed by atoms with E-state index in [4.69, 9.17) is 19.5 Å². The summed E-state index contributed by atoms with van der Waals surface area (Å²) in [4.78, 5) is 15.1. The largest absolute Gasteiger partial charge is 0.463 e. The fraction of sp³-hybridized carbons (Fsp3) is 0.150. The number of pyridine rings is 1. The molecule has 0 aromatic carbocycles. The molecule has 4 rings (SSSR count). The molecule has 4 heterocycles. The summed E-state index contributed by atoms with van der Waals surface area (Å²) in [6.07, 6.45) is 2.98. The predicted molar refractivity (Wildman–Crippen MR) is 104 cm³/mol. The fourth-order valence-electron chi connectivity index (χ4n) is 2.78. The number of fused-ring (bicyclic) bond motifs is 1. The van der Waals surface area contributed by atoms with Gasteiger partial charge in [0.2, 0.25) is 0 Å². The maximum absolute atomic E-state index is 8.90. The van der Waals surface area contributed by atoms with Gasteiger partial charge in [-0.2, -0.15) is 0 Å². The first kappa shape index (κ1) is 17.4. The first-order chi connectivity index (χ1) is 13.3. The lowest BCUT2D eigenvalue weighted by atomic mass is 10.2. The molecule has 0 aliphatic carbocycles. The molecule has 0 fully saturated rings. The van der Waals surface area contributed by atoms with Gasteiger partial charge >= 0.3 is 0 Å². The Kier molecular flexibility index (Phi) is 4.94. The van der Waals surface area contributed by atoms with Crippen LogP contribution in [0.1, 0.15) is 16.2 Å². The first-order valence-corrected chi connectivity index (χ1v) is 9.19. The number of likely N-dealkylation sites (N-methyl/N-ethyl adjacent to an activating group) is 1. The molecule has 7 heteroatoms. The summed E-state index contributed by atoms with van der Waals surface area (Å²) >= 11 is 1.53. The van der Waals surface area contributed by atoms with E-state index in [2.05, 4.69) is 22.1 Å². The molecule has 6 nitrogen and oxygen atoms in total. The van der Waals surface area contributed by atoms with Crippen molar-refractivity contribution in [2.75, 3.05) is 13.7 Å². The third-order valence-electron chi connectivity index (χ3n) is 3.98. The van der Waals surface area contributed by atoms with Crippen molar-refractivity contribution in [2.24, 2.45) is 9.98 Å². The van der Waals surface area contributed by atoms with Gasteiger partial charge in [0.25, 0.3) is 0 Å². The molecule has 0 amide bonds. The molecule has 0 saturated heterocycles. The fourth-order valence-corrected chi connectivity index (χ4v) is 3.63. The number of thiophene rings is 1. The number of rotatable bonds is 3. The number of aliphatic hydroxyl groups is 1. The van der Waals surface area contributed by atoms with Gasteiger partial charge in [-0.3, -0.25) is 5.32 Å². The zero-order valence-electron chi connectivity index (χ0n) is 14.5. The second kappa shape index (κ2) is 7.68. The molecule has 1 atom stereocenters. The van der Waals surface area contributed by atoms with Gasteiger partial charge < -0.3 is 9.52 Å². The standard InChI is InChI=1S/C20H16N4O2S/c1-21-20-18(16-11-13(12-27-16)5-3-9-25)23-17(15-7-4-10-26-15)14-6-2-8-22-19(14)24-20/h2,4,6-8,10-12,20-21,25H,9H2,1H3. The van der Waals surface area contributed by atoms with Crippen molar-refractivity contribution < 1.29 is 9.52 Å². The average molecular weight is 376 g/mol. The Morgan fingerprint density at radius 3 is 3.04 bits per heavy atom. The van der Waals surface area contributed by atoms with Crippen molar-refractivity contribution in [3.05, 3.63) is 75.1 Å². The van der Waals surface area contributed by atoms with E-state index >= 15 is 0 Å². The molecule has 2 N–H and O–H groups in total. The van der Waals surface area contributed by atoms with Gasteiger partial charge in [-0.1, -0.05) is 11.8 Å². The topological polar surface area (TPSA) is 83.0 Å². The van der Waals surface area contributed by atoms with Gasteiger partial charge in [0, 0.05) is 22.4 Å². The minimum absolute atomic E-state index is 0.169. The maximum Gasteiger partial charge on any atom is 0.158 e. The molecule has 1 unspecified atom stereocenters. The van der Waals surface area contributed by atoms with E-state index in [1.807, 2.05) is 42.8 Å². The van der Waals surface area contributed by atoms with E-state index in [0.29, 0.717) is 16.9 Å². The van der Waals surface area contributed by atoms with E-state index in [9.17, 15) is 0 Å². The van der Waals surface area contributed by atoms with Crippen LogP contribution in [0.15, 0.2) is 62.6 Å². The van der Waals surface area contributed by atoms with Gasteiger partial charge in [0.15, 0.2) is 11.2 Å². The van der Waals surface area contributed by atoms with Gasteiger partial charge in [0.05, 0.1) is 16.9 Å². The van der Waals surface area contributed by atoms with Crippen molar-refractivity contribution in [1.29, 1.82) is 0 Å². The van der Waals surface area contributed by atoms with Crippen LogP contribution in [-0.2, 0) is 0 Å². The molecular weight excluding hydrogens is 360 g/mol. The lowest BCUT2D eigenvalue weighted by Gasteiger charge is -2.12. The highest BCUT2D eigenvalue weighted by Crippen LogP contribution is 2.22. The van der Waals surface area contributed by atoms with Gasteiger partial charge in [-0.15, -0.1) is 11.3 Å². The lowest BCUT2D eigenvalue weighted by Crippen LogP contribution is -2.36. The van der Waals surface area contributed by atoms with Crippen LogP contribution in [0.3, 0.4) is 0 Å². The number of nitrogens with zero attached hydrogens (tertiary/aromatic N) is 3. The van der Waals surface area contributed by atoms with Crippen LogP contribution in [0.25, 0.3) is 5.70 Å². The molecule has 134 valence electrons. The predicted octanol–water partition coefficient (Wildman–Crippen LogP) is 0.904. The average Bonchev–Trinajstić information content (AvgIpc) is 3.36. The number of furan rings is 1. The zero-order chi connectivity index (χ0) is 18.6. The summed E-state index contributed by atoms with van der Waals surface area (Å²) in [5.41, 5.74) is 2.90. The molecular formula is C20H16N4O2S. The number of hydrogen-bond acceptors (Lipinski definition) is 7. The monoisotopic (exact) mass is 376 g/mol. The van der Waals surface area contributed by atoms with Crippen molar-refractivity contribution in [3.8, 4) is 11.8 Å². The normalized spacial score (nSPS) is 15.9. The quantitative estimate of drug-likeness (QED) is 0.666. The minimum Gasteiger partial charge on any atom is -0.463 e. The van der Waals surface area contributed by atoms with Crippen LogP contribution < -0.4 is 16.0 Å². The second-order valence-corrected chi connectivity index (χ2v) is 6.59. The molecule has 0 bridgehead atoms. The van der Waals surface area contributed by atoms with Crippen molar-refractivity contribution in [2.45, 2.75) is 6.17 Å². The molecule has 27 heavy (non-hydrogen) atoms. The summed E-state index contributed by atoms with van der Waals surface area (Å²) in [5.74, 6) is 6.25. The Hall–Kier alpha value is -3.05. The van der Waals surface area contributed by atoms with Crippen LogP contribution >= 0.6 is 11.3 Å². The number of aliphatic hydroxyl groups excluding tert-OH is 1. The molecule has 0 saturated carbocycles. The van der Waals surface area contributed by atoms with Crippen LogP contribution in [0.4, 0.5) is 0 Å². The smallest absolute Gasteiger partial charge is 0.158 e. The van der Waals surface area contributed by atoms with E-state index < -0.39 is 0 Å². The Morgan fingerprint density at radius 1 is 1.33 bits per heavy atom. The molecule has 3 aromatic heterocycles. The molecule has 3 aromatic rings. The third kappa shape index (κ3) is 3.46. The summed E-state index contributed by atoms with van der Waals surface area (Å²) in [7, 11) is 1.84. The van der Waals surface area contributed by atoms with Crippen LogP contribution in [0.5, 0.6) is 0 Å². The zero-order valence-corrected chi connectivity index (χ0v) is 15.3. The van der Waals surface area contributed by atoms with E-state index in [1.54, 1.807) is 12.5 Å². The summed E-state index contributed by atoms with van der Waals surface area (Å²) < 4.78 is 5.62. The molecule has 1 aliphatic rings. The third-order valence-corrected chi connectivity index (χ3v) is 4.93. The van der Waals surface area contributed by atoms with Gasteiger partial charge in [-0.05, 0) is 37.4 Å². The maximum atomic E-state index is 8.90. The minimum atomic E-state index is -0.358. The highest BCUT2D eigenvalue weighted by atomic mass is 32.1. The Balaban J connectivity index is 1.93. The highest BCUT2D eigenvalue weighted by Gasteiger charge is 2.22. The van der Waals surface area contributed by atoms with Crippen LogP contribution in [-0.4, -0.2) is 35.6 Å². The molecule has 1 aliphatic heterocycles. The Bertz CT molecular complexity index is 1170. The second-order valence-electron chi connectivity index (χ2n) is 5.68. The SMILES string of the molecule is CNC1N=c2ncccc2=C(c2ccco2)N=C1c1cc(C#CCO)cs1. The summed E-state index contributed by atoms with van der Waals surface area (Å²) in [5, 5.41) is 14.9. The van der Waals surface area contributed by atoms with Crippen molar-refractivity contribution in [3.63, 3.8) is 0 Å². The number of aliphatic imine (C=N–C) groups is 1. The summed E-state index contributed by atoms with van der Waals surface area (Å²) in [6, 6.07) is 9.46. The highest BCUT2D eigenvalue weighted by molar-refractivity contribution is 7.12. The molecule has 0 spiro atoms. The Morgan fingerprint density at radius 2 is 2.26 bits per heavy atom. The van der Waals surface area contributed by atoms with Crippen molar-refractivity contribution >= 4 is 22.7 Å². The number of nitrogens with one attached hydrogen (secondary N) is 1. The van der Waals surface area contributed by atoms with Crippen LogP contribution in [0, 0.1) is 11.8 Å². The van der Waals surface area contributed by atoms with Crippen molar-refractivity contribution in [1.82, 2.24) is 10.3 Å². The van der Waals surface area contributed by atoms with Crippen LogP contribution in [0.2, 0.25) is 0 Å². The summed E-state index contributed by atoms with van der Waals surface area (Å²) in [6.45, 7) is -0.169. The van der Waals surface area contributed by atoms with E-state index in [0.717, 1.165) is 21.4 Å². The van der Waals surface area contributed by atoms with E-state index in [-0.39, 0.29) is 12.8 Å². The lowest BCUT2D eigenvalue weighted by molar-refractivity contribution is 0.350. The van der Waals surface area contributed by atoms with E-state index in [1.165, 1.54) is 11.3 Å². The molecule has 0 radical (unpaired) electrons. The first-order valence-electron chi connectivity index (χ1n) is 8.31. The Labute approximate surface area is 159 Å². The number of hydrogen-bond donors (Lipinski definition) is 2. The number of aromatic nitrogens is 1. The van der Waals surface area contributed by atoms with Gasteiger partial charge in [0.1, 0.15) is 18.5 Å². The van der Waals surface area contributed by atoms with Gasteiger partial charge in [-0.25, -0.2) is 15.0 Å².